The molecule has 2 rings (SSSR count). The van der Waals surface area contributed by atoms with Gasteiger partial charge in [0.2, 0.25) is 0 Å². The lowest BCUT2D eigenvalue weighted by molar-refractivity contribution is 0.0702. The molecule has 0 aromatic carbocycles. The van der Waals surface area contributed by atoms with Crippen LogP contribution >= 0.6 is 0 Å². The SMILES string of the molecule is C=CCNc1cc(C(=O)N(CC)C2CCS(=O)(=O)C2)ncn1. The van der Waals surface area contributed by atoms with Gasteiger partial charge in [-0.15, -0.1) is 6.58 Å². The van der Waals surface area contributed by atoms with Gasteiger partial charge in [0, 0.05) is 25.2 Å². The summed E-state index contributed by atoms with van der Waals surface area (Å²) < 4.78 is 23.2. The molecule has 0 aliphatic carbocycles. The van der Waals surface area contributed by atoms with Crippen molar-refractivity contribution in [3.05, 3.63) is 30.7 Å². The average molecular weight is 324 g/mol. The Balaban J connectivity index is 2.16. The quantitative estimate of drug-likeness (QED) is 0.775. The molecule has 120 valence electrons. The van der Waals surface area contributed by atoms with Crippen molar-refractivity contribution in [3.63, 3.8) is 0 Å². The highest BCUT2D eigenvalue weighted by molar-refractivity contribution is 7.91. The van der Waals surface area contributed by atoms with Crippen LogP contribution in [0.3, 0.4) is 0 Å². The van der Waals surface area contributed by atoms with E-state index < -0.39 is 9.84 Å². The summed E-state index contributed by atoms with van der Waals surface area (Å²) in [6.07, 6.45) is 3.48. The zero-order valence-electron chi connectivity index (χ0n) is 12.5. The van der Waals surface area contributed by atoms with Crippen LogP contribution in [0.5, 0.6) is 0 Å². The smallest absolute Gasteiger partial charge is 0.272 e. The van der Waals surface area contributed by atoms with Gasteiger partial charge in [0.05, 0.1) is 11.5 Å². The van der Waals surface area contributed by atoms with Crippen LogP contribution in [0.2, 0.25) is 0 Å². The highest BCUT2D eigenvalue weighted by atomic mass is 32.2. The van der Waals surface area contributed by atoms with E-state index in [0.29, 0.717) is 25.3 Å². The van der Waals surface area contributed by atoms with Crippen molar-refractivity contribution in [2.75, 3.05) is 29.9 Å². The number of rotatable bonds is 6. The predicted octanol–water partition coefficient (Wildman–Crippen LogP) is 0.724. The normalized spacial score (nSPS) is 19.6. The van der Waals surface area contributed by atoms with Crippen molar-refractivity contribution in [1.82, 2.24) is 14.9 Å². The molecular weight excluding hydrogens is 304 g/mol. The second-order valence-electron chi connectivity index (χ2n) is 5.11. The van der Waals surface area contributed by atoms with Crippen LogP contribution in [0.15, 0.2) is 25.0 Å². The van der Waals surface area contributed by atoms with Gasteiger partial charge >= 0.3 is 0 Å². The lowest BCUT2D eigenvalue weighted by atomic mass is 10.2. The third-order valence-electron chi connectivity index (χ3n) is 3.56. The molecule has 0 spiro atoms. The predicted molar refractivity (Wildman–Crippen MR) is 84.5 cm³/mol. The summed E-state index contributed by atoms with van der Waals surface area (Å²) in [7, 11) is -3.04. The van der Waals surface area contributed by atoms with Gasteiger partial charge < -0.3 is 10.2 Å². The Bertz CT molecular complexity index is 660. The standard InChI is InChI=1S/C14H20N4O3S/c1-3-6-15-13-8-12(16-10-17-13)14(19)18(4-2)11-5-7-22(20,21)9-11/h3,8,10-11H,1,4-7,9H2,2H3,(H,15,16,17). The van der Waals surface area contributed by atoms with Crippen LogP contribution in [-0.4, -0.2) is 59.8 Å². The molecule has 2 heterocycles. The van der Waals surface area contributed by atoms with Crippen LogP contribution in [0, 0.1) is 0 Å². The fourth-order valence-electron chi connectivity index (χ4n) is 2.48. The Morgan fingerprint density at radius 3 is 2.91 bits per heavy atom. The zero-order valence-corrected chi connectivity index (χ0v) is 13.3. The number of aromatic nitrogens is 2. The Hall–Kier alpha value is -1.96. The molecule has 1 unspecified atom stereocenters. The van der Waals surface area contributed by atoms with Crippen LogP contribution in [0.4, 0.5) is 5.82 Å². The number of nitrogens with one attached hydrogen (secondary N) is 1. The number of carbonyl (C=O) groups excluding carboxylic acids is 1. The van der Waals surface area contributed by atoms with Gasteiger partial charge in [0.1, 0.15) is 17.8 Å². The summed E-state index contributed by atoms with van der Waals surface area (Å²) in [5.74, 6) is 0.429. The van der Waals surface area contributed by atoms with E-state index in [1.54, 1.807) is 17.0 Å². The van der Waals surface area contributed by atoms with E-state index in [4.69, 9.17) is 0 Å². The Morgan fingerprint density at radius 2 is 2.32 bits per heavy atom. The van der Waals surface area contributed by atoms with Crippen LogP contribution in [-0.2, 0) is 9.84 Å². The molecule has 1 aromatic rings. The van der Waals surface area contributed by atoms with E-state index in [1.807, 2.05) is 6.92 Å². The van der Waals surface area contributed by atoms with E-state index in [1.165, 1.54) is 6.33 Å². The summed E-state index contributed by atoms with van der Waals surface area (Å²) in [5, 5.41) is 2.99. The number of nitrogens with zero attached hydrogens (tertiary/aromatic N) is 3. The molecular formula is C14H20N4O3S. The Morgan fingerprint density at radius 1 is 1.55 bits per heavy atom. The first-order valence-corrected chi connectivity index (χ1v) is 8.97. The summed E-state index contributed by atoms with van der Waals surface area (Å²) >= 11 is 0. The number of hydrogen-bond donors (Lipinski definition) is 1. The van der Waals surface area contributed by atoms with Gasteiger partial charge in [-0.2, -0.15) is 0 Å². The zero-order chi connectivity index (χ0) is 16.2. The van der Waals surface area contributed by atoms with E-state index in [9.17, 15) is 13.2 Å². The maximum Gasteiger partial charge on any atom is 0.272 e. The van der Waals surface area contributed by atoms with Gasteiger partial charge in [0.25, 0.3) is 5.91 Å². The molecule has 1 aromatic heterocycles. The Labute approximate surface area is 130 Å². The van der Waals surface area contributed by atoms with Crippen molar-refractivity contribution in [1.29, 1.82) is 0 Å². The molecule has 1 atom stereocenters. The summed E-state index contributed by atoms with van der Waals surface area (Å²) in [6.45, 7) is 6.41. The number of carbonyl (C=O) groups is 1. The van der Waals surface area contributed by atoms with Crippen molar-refractivity contribution in [2.24, 2.45) is 0 Å². The fraction of sp³-hybridized carbons (Fsp3) is 0.500. The molecule has 1 fully saturated rings. The Kier molecular flexibility index (Phi) is 5.12. The van der Waals surface area contributed by atoms with Crippen molar-refractivity contribution in [3.8, 4) is 0 Å². The highest BCUT2D eigenvalue weighted by Gasteiger charge is 2.34. The largest absolute Gasteiger partial charge is 0.366 e. The second kappa shape index (κ2) is 6.87. The molecule has 8 heteroatoms. The lowest BCUT2D eigenvalue weighted by Gasteiger charge is -2.26. The van der Waals surface area contributed by atoms with Gasteiger partial charge in [-0.3, -0.25) is 4.79 Å². The molecule has 1 aliphatic heterocycles. The molecule has 1 saturated heterocycles. The average Bonchev–Trinajstić information content (AvgIpc) is 2.86. The molecule has 0 radical (unpaired) electrons. The monoisotopic (exact) mass is 324 g/mol. The summed E-state index contributed by atoms with van der Waals surface area (Å²) in [5.41, 5.74) is 0.257. The number of sulfone groups is 1. The van der Waals surface area contributed by atoms with Gasteiger partial charge in [0.15, 0.2) is 9.84 Å². The topological polar surface area (TPSA) is 92.3 Å². The maximum absolute atomic E-state index is 12.6. The number of hydrogen-bond acceptors (Lipinski definition) is 6. The highest BCUT2D eigenvalue weighted by Crippen LogP contribution is 2.19. The summed E-state index contributed by atoms with van der Waals surface area (Å²) in [4.78, 5) is 22.2. The lowest BCUT2D eigenvalue weighted by Crippen LogP contribution is -2.41. The first-order chi connectivity index (χ1) is 10.5. The molecule has 1 N–H and O–H groups in total. The minimum atomic E-state index is -3.04. The number of anilines is 1. The third-order valence-corrected chi connectivity index (χ3v) is 5.31. The van der Waals surface area contributed by atoms with Gasteiger partial charge in [-0.25, -0.2) is 18.4 Å². The first-order valence-electron chi connectivity index (χ1n) is 7.15. The number of amides is 1. The van der Waals surface area contributed by atoms with Gasteiger partial charge in [-0.05, 0) is 13.3 Å². The minimum Gasteiger partial charge on any atom is -0.366 e. The summed E-state index contributed by atoms with van der Waals surface area (Å²) in [6, 6.07) is 1.29. The minimum absolute atomic E-state index is 0.0270. The van der Waals surface area contributed by atoms with E-state index in [0.717, 1.165) is 0 Å². The fourth-order valence-corrected chi connectivity index (χ4v) is 4.21. The molecule has 22 heavy (non-hydrogen) atoms. The van der Waals surface area contributed by atoms with E-state index in [2.05, 4.69) is 21.9 Å². The molecule has 1 amide bonds. The van der Waals surface area contributed by atoms with Crippen LogP contribution in [0.25, 0.3) is 0 Å². The van der Waals surface area contributed by atoms with Crippen molar-refractivity contribution < 1.29 is 13.2 Å². The van der Waals surface area contributed by atoms with Gasteiger partial charge in [-0.1, -0.05) is 6.08 Å². The van der Waals surface area contributed by atoms with E-state index >= 15 is 0 Å². The molecule has 0 saturated carbocycles. The third kappa shape index (κ3) is 3.82. The molecule has 7 nitrogen and oxygen atoms in total. The van der Waals surface area contributed by atoms with Crippen LogP contribution in [0.1, 0.15) is 23.8 Å². The molecule has 1 aliphatic rings. The van der Waals surface area contributed by atoms with Crippen LogP contribution < -0.4 is 5.32 Å². The van der Waals surface area contributed by atoms with E-state index in [-0.39, 0.29) is 29.1 Å². The van der Waals surface area contributed by atoms with Crippen molar-refractivity contribution >= 4 is 21.6 Å². The second-order valence-corrected chi connectivity index (χ2v) is 7.33. The van der Waals surface area contributed by atoms with Crippen molar-refractivity contribution in [2.45, 2.75) is 19.4 Å². The molecule has 0 bridgehead atoms. The maximum atomic E-state index is 12.6. The first kappa shape index (κ1) is 16.4.